The average Bonchev–Trinajstić information content (AvgIpc) is 2.32. The summed E-state index contributed by atoms with van der Waals surface area (Å²) >= 11 is 0. The number of rotatable bonds is 4. The average molecular weight is 293 g/mol. The Bertz CT molecular complexity index is 333. The SMILES string of the molecule is COC1(C)CC(N(C)C(=O)C(C)C(C)N)C1(C)C.Cl. The summed E-state index contributed by atoms with van der Waals surface area (Å²) in [4.78, 5) is 14.2. The van der Waals surface area contributed by atoms with Crippen molar-refractivity contribution in [2.75, 3.05) is 14.2 Å². The maximum absolute atomic E-state index is 12.3. The summed E-state index contributed by atoms with van der Waals surface area (Å²) in [6, 6.07) is 0.105. The third-order valence-electron chi connectivity index (χ3n) is 5.22. The lowest BCUT2D eigenvalue weighted by molar-refractivity contribution is -0.208. The minimum Gasteiger partial charge on any atom is -0.378 e. The van der Waals surface area contributed by atoms with Gasteiger partial charge in [0, 0.05) is 31.7 Å². The highest BCUT2D eigenvalue weighted by atomic mass is 35.5. The Morgan fingerprint density at radius 2 is 1.84 bits per heavy atom. The number of nitrogens with zero attached hydrogens (tertiary/aromatic N) is 1. The van der Waals surface area contributed by atoms with Gasteiger partial charge in [-0.1, -0.05) is 20.8 Å². The molecular weight excluding hydrogens is 264 g/mol. The van der Waals surface area contributed by atoms with Crippen molar-refractivity contribution in [3.05, 3.63) is 0 Å². The van der Waals surface area contributed by atoms with Crippen molar-refractivity contribution in [3.8, 4) is 0 Å². The van der Waals surface area contributed by atoms with Crippen molar-refractivity contribution >= 4 is 18.3 Å². The smallest absolute Gasteiger partial charge is 0.226 e. The first-order valence-corrected chi connectivity index (χ1v) is 6.66. The predicted molar refractivity (Wildman–Crippen MR) is 80.4 cm³/mol. The number of halogens is 1. The minimum atomic E-state index is -0.149. The van der Waals surface area contributed by atoms with E-state index < -0.39 is 0 Å². The van der Waals surface area contributed by atoms with E-state index in [1.54, 1.807) is 7.11 Å². The molecule has 0 heterocycles. The third kappa shape index (κ3) is 2.91. The fraction of sp³-hybridized carbons (Fsp3) is 0.929. The van der Waals surface area contributed by atoms with Crippen molar-refractivity contribution in [1.29, 1.82) is 0 Å². The molecule has 1 amide bonds. The third-order valence-corrected chi connectivity index (χ3v) is 5.22. The van der Waals surface area contributed by atoms with Crippen molar-refractivity contribution in [1.82, 2.24) is 4.90 Å². The van der Waals surface area contributed by atoms with Gasteiger partial charge in [0.25, 0.3) is 0 Å². The second-order valence-electron chi connectivity index (χ2n) is 6.47. The molecule has 0 aromatic rings. The summed E-state index contributed by atoms with van der Waals surface area (Å²) in [6.45, 7) is 10.2. The number of ether oxygens (including phenoxy) is 1. The number of carbonyl (C=O) groups excluding carboxylic acids is 1. The largest absolute Gasteiger partial charge is 0.378 e. The van der Waals surface area contributed by atoms with E-state index in [1.807, 2.05) is 25.8 Å². The second kappa shape index (κ2) is 5.98. The summed E-state index contributed by atoms with van der Waals surface area (Å²) in [5.74, 6) is -0.0126. The van der Waals surface area contributed by atoms with Gasteiger partial charge in [-0.2, -0.15) is 0 Å². The van der Waals surface area contributed by atoms with Gasteiger partial charge in [-0.25, -0.2) is 0 Å². The molecule has 1 aliphatic carbocycles. The van der Waals surface area contributed by atoms with E-state index in [2.05, 4.69) is 20.8 Å². The monoisotopic (exact) mass is 292 g/mol. The lowest BCUT2D eigenvalue weighted by atomic mass is 9.55. The molecule has 4 nitrogen and oxygen atoms in total. The van der Waals surface area contributed by atoms with E-state index >= 15 is 0 Å². The van der Waals surface area contributed by atoms with Crippen LogP contribution >= 0.6 is 12.4 Å². The van der Waals surface area contributed by atoms with Gasteiger partial charge in [0.2, 0.25) is 5.91 Å². The highest BCUT2D eigenvalue weighted by molar-refractivity contribution is 5.85. The molecule has 1 aliphatic rings. The number of nitrogens with two attached hydrogens (primary N) is 1. The Kier molecular flexibility index (Phi) is 5.88. The van der Waals surface area contributed by atoms with E-state index in [-0.39, 0.29) is 47.3 Å². The fourth-order valence-corrected chi connectivity index (χ4v) is 2.78. The lowest BCUT2D eigenvalue weighted by Crippen LogP contribution is -2.69. The first-order chi connectivity index (χ1) is 8.08. The van der Waals surface area contributed by atoms with E-state index in [9.17, 15) is 4.79 Å². The predicted octanol–water partition coefficient (Wildman–Crippen LogP) is 2.05. The zero-order valence-corrected chi connectivity index (χ0v) is 14.0. The molecule has 0 aromatic carbocycles. The van der Waals surface area contributed by atoms with Gasteiger partial charge in [0.1, 0.15) is 0 Å². The summed E-state index contributed by atoms with van der Waals surface area (Å²) < 4.78 is 5.59. The quantitative estimate of drug-likeness (QED) is 0.863. The molecule has 0 bridgehead atoms. The Morgan fingerprint density at radius 3 is 2.16 bits per heavy atom. The van der Waals surface area contributed by atoms with Gasteiger partial charge < -0.3 is 15.4 Å². The number of hydrogen-bond donors (Lipinski definition) is 1. The summed E-state index contributed by atoms with van der Waals surface area (Å²) in [5, 5.41) is 0. The highest BCUT2D eigenvalue weighted by Gasteiger charge is 2.60. The normalized spacial score (nSPS) is 31.7. The van der Waals surface area contributed by atoms with Crippen LogP contribution < -0.4 is 5.73 Å². The molecule has 1 fully saturated rings. The van der Waals surface area contributed by atoms with E-state index in [1.165, 1.54) is 0 Å². The van der Waals surface area contributed by atoms with Crippen molar-refractivity contribution in [3.63, 3.8) is 0 Å². The van der Waals surface area contributed by atoms with Crippen LogP contribution in [0.2, 0.25) is 0 Å². The van der Waals surface area contributed by atoms with Gasteiger partial charge in [-0.15, -0.1) is 12.4 Å². The Morgan fingerprint density at radius 1 is 1.37 bits per heavy atom. The molecule has 4 atom stereocenters. The van der Waals surface area contributed by atoms with E-state index in [0.717, 1.165) is 6.42 Å². The Hall–Kier alpha value is -0.320. The summed E-state index contributed by atoms with van der Waals surface area (Å²) in [7, 11) is 3.62. The molecule has 19 heavy (non-hydrogen) atoms. The first kappa shape index (κ1) is 18.7. The van der Waals surface area contributed by atoms with Crippen LogP contribution in [0.1, 0.15) is 41.0 Å². The molecule has 2 N–H and O–H groups in total. The Balaban J connectivity index is 0.00000324. The zero-order valence-electron chi connectivity index (χ0n) is 13.2. The van der Waals surface area contributed by atoms with Gasteiger partial charge >= 0.3 is 0 Å². The Labute approximate surface area is 123 Å². The molecule has 0 radical (unpaired) electrons. The van der Waals surface area contributed by atoms with Gasteiger partial charge in [-0.3, -0.25) is 4.79 Å². The van der Waals surface area contributed by atoms with Crippen molar-refractivity contribution in [2.45, 2.75) is 58.7 Å². The van der Waals surface area contributed by atoms with E-state index in [4.69, 9.17) is 10.5 Å². The summed E-state index contributed by atoms with van der Waals surface area (Å²) in [5.41, 5.74) is 5.62. The number of amides is 1. The zero-order chi connectivity index (χ0) is 14.3. The van der Waals surface area contributed by atoms with Crippen molar-refractivity contribution in [2.24, 2.45) is 17.1 Å². The van der Waals surface area contributed by atoms with Crippen LogP contribution in [0.3, 0.4) is 0 Å². The number of hydrogen-bond acceptors (Lipinski definition) is 3. The van der Waals surface area contributed by atoms with Gasteiger partial charge in [0.15, 0.2) is 0 Å². The first-order valence-electron chi connectivity index (χ1n) is 6.66. The molecule has 0 aliphatic heterocycles. The maximum Gasteiger partial charge on any atom is 0.226 e. The molecule has 1 saturated carbocycles. The van der Waals surface area contributed by atoms with Crippen LogP contribution in [0.5, 0.6) is 0 Å². The van der Waals surface area contributed by atoms with Gasteiger partial charge in [0.05, 0.1) is 11.5 Å². The standard InChI is InChI=1S/C14H28N2O2.ClH/c1-9(10(2)15)12(17)16(6)11-8-14(5,18-7)13(11,3)4;/h9-11H,8,15H2,1-7H3;1H. The maximum atomic E-state index is 12.3. The van der Waals surface area contributed by atoms with Crippen LogP contribution in [0.25, 0.3) is 0 Å². The minimum absolute atomic E-state index is 0. The molecule has 5 heteroatoms. The molecule has 1 rings (SSSR count). The second-order valence-corrected chi connectivity index (χ2v) is 6.47. The van der Waals surface area contributed by atoms with Crippen LogP contribution in [0, 0.1) is 11.3 Å². The van der Waals surface area contributed by atoms with Crippen LogP contribution in [0.15, 0.2) is 0 Å². The molecule has 0 saturated heterocycles. The van der Waals surface area contributed by atoms with E-state index in [0.29, 0.717) is 0 Å². The highest BCUT2D eigenvalue weighted by Crippen LogP contribution is 2.53. The number of carbonyl (C=O) groups is 1. The van der Waals surface area contributed by atoms with Crippen molar-refractivity contribution < 1.29 is 9.53 Å². The molecule has 0 aromatic heterocycles. The van der Waals surface area contributed by atoms with Crippen LogP contribution in [-0.4, -0.2) is 42.6 Å². The molecular formula is C14H29ClN2O2. The molecule has 0 spiro atoms. The molecule has 4 unspecified atom stereocenters. The lowest BCUT2D eigenvalue weighted by Gasteiger charge is -2.61. The fourth-order valence-electron chi connectivity index (χ4n) is 2.78. The van der Waals surface area contributed by atoms with Crippen LogP contribution in [0.4, 0.5) is 0 Å². The summed E-state index contributed by atoms with van der Waals surface area (Å²) in [6.07, 6.45) is 0.879. The topological polar surface area (TPSA) is 55.6 Å². The molecule has 114 valence electrons. The van der Waals surface area contributed by atoms with Crippen LogP contribution in [-0.2, 0) is 9.53 Å². The van der Waals surface area contributed by atoms with Gasteiger partial charge in [-0.05, 0) is 20.3 Å². The number of methoxy groups -OCH3 is 1.